The van der Waals surface area contributed by atoms with Crippen molar-refractivity contribution in [3.63, 3.8) is 0 Å². The summed E-state index contributed by atoms with van der Waals surface area (Å²) in [4.78, 5) is 25.5. The van der Waals surface area contributed by atoms with Gasteiger partial charge in [-0.2, -0.15) is 0 Å². The summed E-state index contributed by atoms with van der Waals surface area (Å²) in [6, 6.07) is 7.47. The van der Waals surface area contributed by atoms with Gasteiger partial charge in [-0.1, -0.05) is 29.8 Å². The number of rotatable bonds is 3. The van der Waals surface area contributed by atoms with Gasteiger partial charge in [0.1, 0.15) is 4.88 Å². The molecule has 2 rings (SSSR count). The minimum absolute atomic E-state index is 0.268. The topological polar surface area (TPSA) is 46.6 Å². The molecule has 2 aromatic rings. The Labute approximate surface area is 125 Å². The number of carbonyl (C=O) groups excluding carboxylic acids is 2. The van der Waals surface area contributed by atoms with Gasteiger partial charge in [0.25, 0.3) is 5.91 Å². The third-order valence-electron chi connectivity index (χ3n) is 2.79. The fourth-order valence-corrected chi connectivity index (χ4v) is 3.16. The molecule has 4 nitrogen and oxygen atoms in total. The van der Waals surface area contributed by atoms with Crippen LogP contribution in [0.4, 0.5) is 0 Å². The van der Waals surface area contributed by atoms with Crippen LogP contribution in [0.2, 0.25) is 5.02 Å². The van der Waals surface area contributed by atoms with Crippen LogP contribution in [0.1, 0.15) is 16.6 Å². The summed E-state index contributed by atoms with van der Waals surface area (Å²) in [5.74, 6) is -0.838. The highest BCUT2D eigenvalue weighted by Gasteiger charge is 2.24. The first-order valence-corrected chi connectivity index (χ1v) is 7.20. The van der Waals surface area contributed by atoms with Crippen LogP contribution >= 0.6 is 22.9 Å². The number of nitrogens with zero attached hydrogens (tertiary/aromatic N) is 1. The Morgan fingerprint density at radius 1 is 1.30 bits per heavy atom. The van der Waals surface area contributed by atoms with E-state index in [9.17, 15) is 9.59 Å². The number of halogens is 1. The van der Waals surface area contributed by atoms with E-state index in [1.54, 1.807) is 21.0 Å². The maximum Gasteiger partial charge on any atom is 0.350 e. The van der Waals surface area contributed by atoms with Crippen LogP contribution < -0.4 is 0 Å². The Morgan fingerprint density at radius 2 is 1.95 bits per heavy atom. The van der Waals surface area contributed by atoms with Crippen molar-refractivity contribution in [3.05, 3.63) is 34.2 Å². The summed E-state index contributed by atoms with van der Waals surface area (Å²) >= 11 is 7.45. The van der Waals surface area contributed by atoms with Gasteiger partial charge in [-0.25, -0.2) is 4.79 Å². The first-order chi connectivity index (χ1) is 9.41. The standard InChI is InChI=1S/C14H14ClNO3S/c1-8(13(17)16(2)3)19-14(18)12-11(15)9-6-4-5-7-10(9)20-12/h4-8H,1-3H3/t8-/m1/s1. The second-order valence-corrected chi connectivity index (χ2v) is 5.95. The Morgan fingerprint density at radius 3 is 2.55 bits per heavy atom. The zero-order valence-electron chi connectivity index (χ0n) is 11.3. The highest BCUT2D eigenvalue weighted by molar-refractivity contribution is 7.21. The minimum atomic E-state index is -0.834. The van der Waals surface area contributed by atoms with Crippen LogP contribution in [0.25, 0.3) is 10.1 Å². The number of fused-ring (bicyclic) bond motifs is 1. The van der Waals surface area contributed by atoms with Gasteiger partial charge in [0.05, 0.1) is 5.02 Å². The average molecular weight is 312 g/mol. The van der Waals surface area contributed by atoms with Crippen LogP contribution in [0, 0.1) is 0 Å². The van der Waals surface area contributed by atoms with Gasteiger partial charge in [0.15, 0.2) is 6.10 Å². The number of amides is 1. The molecule has 1 aromatic carbocycles. The number of thiophene rings is 1. The first kappa shape index (κ1) is 14.8. The summed E-state index contributed by atoms with van der Waals surface area (Å²) in [7, 11) is 3.22. The van der Waals surface area contributed by atoms with E-state index in [2.05, 4.69) is 0 Å². The summed E-state index contributed by atoms with van der Waals surface area (Å²) < 4.78 is 6.08. The number of ether oxygens (including phenoxy) is 1. The molecule has 1 atom stereocenters. The highest BCUT2D eigenvalue weighted by atomic mass is 35.5. The predicted molar refractivity (Wildman–Crippen MR) is 80.4 cm³/mol. The molecule has 1 heterocycles. The monoisotopic (exact) mass is 311 g/mol. The number of benzene rings is 1. The second-order valence-electron chi connectivity index (χ2n) is 4.52. The van der Waals surface area contributed by atoms with E-state index in [1.165, 1.54) is 16.2 Å². The van der Waals surface area contributed by atoms with E-state index in [0.29, 0.717) is 9.90 Å². The molecule has 0 N–H and O–H groups in total. The van der Waals surface area contributed by atoms with E-state index in [-0.39, 0.29) is 5.91 Å². The lowest BCUT2D eigenvalue weighted by Crippen LogP contribution is -2.34. The predicted octanol–water partition coefficient (Wildman–Crippen LogP) is 3.19. The number of likely N-dealkylation sites (N-methyl/N-ethyl adjacent to an activating group) is 1. The molecule has 0 aliphatic carbocycles. The van der Waals surface area contributed by atoms with Crippen LogP contribution in [0.15, 0.2) is 24.3 Å². The third kappa shape index (κ3) is 2.78. The second kappa shape index (κ2) is 5.81. The van der Waals surface area contributed by atoms with E-state index in [1.807, 2.05) is 24.3 Å². The van der Waals surface area contributed by atoms with Crippen LogP contribution in [0.5, 0.6) is 0 Å². The summed E-state index contributed by atoms with van der Waals surface area (Å²) in [6.45, 7) is 1.54. The minimum Gasteiger partial charge on any atom is -0.448 e. The molecule has 106 valence electrons. The van der Waals surface area contributed by atoms with Crippen molar-refractivity contribution in [2.45, 2.75) is 13.0 Å². The molecule has 0 unspecified atom stereocenters. The van der Waals surface area contributed by atoms with Gasteiger partial charge in [-0.15, -0.1) is 11.3 Å². The van der Waals surface area contributed by atoms with Crippen molar-refractivity contribution in [1.29, 1.82) is 0 Å². The largest absolute Gasteiger partial charge is 0.448 e. The molecular formula is C14H14ClNO3S. The van der Waals surface area contributed by atoms with E-state index < -0.39 is 12.1 Å². The van der Waals surface area contributed by atoms with Crippen LogP contribution in [-0.4, -0.2) is 37.0 Å². The van der Waals surface area contributed by atoms with Gasteiger partial charge in [-0.3, -0.25) is 4.79 Å². The number of hydrogen-bond acceptors (Lipinski definition) is 4. The van der Waals surface area contributed by atoms with Gasteiger partial charge in [0.2, 0.25) is 0 Å². The molecule has 0 saturated carbocycles. The smallest absolute Gasteiger partial charge is 0.350 e. The van der Waals surface area contributed by atoms with E-state index in [4.69, 9.17) is 16.3 Å². The molecular weight excluding hydrogens is 298 g/mol. The Kier molecular flexibility index (Phi) is 4.30. The van der Waals surface area contributed by atoms with Crippen LogP contribution in [-0.2, 0) is 9.53 Å². The Balaban J connectivity index is 2.24. The van der Waals surface area contributed by atoms with Crippen LogP contribution in [0.3, 0.4) is 0 Å². The Hall–Kier alpha value is -1.59. The molecule has 0 aliphatic heterocycles. The molecule has 0 saturated heterocycles. The van der Waals surface area contributed by atoms with Gasteiger partial charge in [0, 0.05) is 24.2 Å². The zero-order valence-corrected chi connectivity index (χ0v) is 12.9. The maximum atomic E-state index is 12.1. The number of carbonyl (C=O) groups is 2. The lowest BCUT2D eigenvalue weighted by molar-refractivity contribution is -0.137. The van der Waals surface area contributed by atoms with Crippen molar-refractivity contribution in [1.82, 2.24) is 4.90 Å². The molecule has 0 bridgehead atoms. The molecule has 20 heavy (non-hydrogen) atoms. The molecule has 0 fully saturated rings. The van der Waals surface area contributed by atoms with Crippen molar-refractivity contribution >= 4 is 44.9 Å². The first-order valence-electron chi connectivity index (χ1n) is 6.01. The third-order valence-corrected chi connectivity index (χ3v) is 4.45. The van der Waals surface area contributed by atoms with Crippen molar-refractivity contribution in [2.24, 2.45) is 0 Å². The maximum absolute atomic E-state index is 12.1. The SMILES string of the molecule is C[C@@H](OC(=O)c1sc2ccccc2c1Cl)C(=O)N(C)C. The average Bonchev–Trinajstić information content (AvgIpc) is 2.75. The van der Waals surface area contributed by atoms with Gasteiger partial charge >= 0.3 is 5.97 Å². The normalized spacial score (nSPS) is 12.2. The lowest BCUT2D eigenvalue weighted by Gasteiger charge is -2.16. The molecule has 0 aliphatic rings. The van der Waals surface area contributed by atoms with Crippen molar-refractivity contribution in [3.8, 4) is 0 Å². The highest BCUT2D eigenvalue weighted by Crippen LogP contribution is 2.35. The fraction of sp³-hybridized carbons (Fsp3) is 0.286. The number of hydrogen-bond donors (Lipinski definition) is 0. The van der Waals surface area contributed by atoms with Gasteiger partial charge < -0.3 is 9.64 Å². The molecule has 0 spiro atoms. The Bertz CT molecular complexity index is 665. The molecule has 0 radical (unpaired) electrons. The van der Waals surface area contributed by atoms with Crippen molar-refractivity contribution in [2.75, 3.05) is 14.1 Å². The lowest BCUT2D eigenvalue weighted by atomic mass is 10.2. The molecule has 6 heteroatoms. The number of esters is 1. The quantitative estimate of drug-likeness (QED) is 0.818. The van der Waals surface area contributed by atoms with E-state index >= 15 is 0 Å². The summed E-state index contributed by atoms with van der Waals surface area (Å²) in [5.41, 5.74) is 0. The molecule has 1 aromatic heterocycles. The molecule has 1 amide bonds. The van der Waals surface area contributed by atoms with Gasteiger partial charge in [-0.05, 0) is 13.0 Å². The zero-order chi connectivity index (χ0) is 14.9. The van der Waals surface area contributed by atoms with Crippen molar-refractivity contribution < 1.29 is 14.3 Å². The fourth-order valence-electron chi connectivity index (χ4n) is 1.77. The summed E-state index contributed by atoms with van der Waals surface area (Å²) in [6.07, 6.45) is -0.834. The summed E-state index contributed by atoms with van der Waals surface area (Å²) in [5, 5.41) is 1.19. The van der Waals surface area contributed by atoms with E-state index in [0.717, 1.165) is 10.1 Å².